The third-order valence-corrected chi connectivity index (χ3v) is 2.69. The van der Waals surface area contributed by atoms with Crippen molar-refractivity contribution in [3.8, 4) is 0 Å². The van der Waals surface area contributed by atoms with Crippen molar-refractivity contribution in [2.75, 3.05) is 0 Å². The first kappa shape index (κ1) is 14.0. The van der Waals surface area contributed by atoms with Gasteiger partial charge in [0, 0.05) is 37.1 Å². The Kier molecular flexibility index (Phi) is 4.31. The minimum atomic E-state index is -0.526. The number of benzene rings is 1. The molecule has 0 aliphatic carbocycles. The Hall–Kier alpha value is -2.41. The molecule has 6 nitrogen and oxygen atoms in total. The molecule has 1 heterocycles. The van der Waals surface area contributed by atoms with E-state index in [4.69, 9.17) is 0 Å². The molecule has 0 radical (unpaired) electrons. The molecule has 0 saturated carbocycles. The molecule has 2 aromatic rings. The third kappa shape index (κ3) is 3.55. The van der Waals surface area contributed by atoms with Gasteiger partial charge >= 0.3 is 0 Å². The molecule has 1 N–H and O–H groups in total. The predicted molar refractivity (Wildman–Crippen MR) is 70.4 cm³/mol. The van der Waals surface area contributed by atoms with E-state index in [0.29, 0.717) is 12.1 Å². The van der Waals surface area contributed by atoms with Crippen LogP contribution in [-0.4, -0.2) is 14.9 Å². The van der Waals surface area contributed by atoms with Crippen LogP contribution in [0.3, 0.4) is 0 Å². The second-order valence-electron chi connectivity index (χ2n) is 4.28. The summed E-state index contributed by atoms with van der Waals surface area (Å²) >= 11 is 0. The molecule has 0 atom stereocenters. The zero-order valence-corrected chi connectivity index (χ0v) is 10.8. The Labute approximate surface area is 114 Å². The molecule has 0 fully saturated rings. The first-order valence-electron chi connectivity index (χ1n) is 5.97. The summed E-state index contributed by atoms with van der Waals surface area (Å²) in [6.45, 7) is 2.42. The number of nitro benzene ring substituents is 1. The maximum absolute atomic E-state index is 13.1. The fraction of sp³-hybridized carbons (Fsp3) is 0.231. The second-order valence-corrected chi connectivity index (χ2v) is 4.28. The Morgan fingerprint density at radius 3 is 2.75 bits per heavy atom. The maximum Gasteiger partial charge on any atom is 0.274 e. The minimum absolute atomic E-state index is 0.103. The van der Waals surface area contributed by atoms with Gasteiger partial charge in [0.2, 0.25) is 0 Å². The number of hydrogen-bond acceptors (Lipinski definition) is 5. The first-order chi connectivity index (χ1) is 9.56. The van der Waals surface area contributed by atoms with Crippen LogP contribution in [0.25, 0.3) is 0 Å². The quantitative estimate of drug-likeness (QED) is 0.668. The van der Waals surface area contributed by atoms with Crippen LogP contribution in [0.4, 0.5) is 10.1 Å². The third-order valence-electron chi connectivity index (χ3n) is 2.69. The smallest absolute Gasteiger partial charge is 0.274 e. The van der Waals surface area contributed by atoms with Crippen LogP contribution in [0, 0.1) is 22.9 Å². The van der Waals surface area contributed by atoms with Gasteiger partial charge in [0.15, 0.2) is 0 Å². The molecule has 0 bridgehead atoms. The SMILES string of the molecule is Cc1cnc(CNCc2cc(F)ccc2[N+](=O)[O-])cn1. The van der Waals surface area contributed by atoms with Crippen molar-refractivity contribution in [1.29, 1.82) is 0 Å². The highest BCUT2D eigenvalue weighted by molar-refractivity contribution is 5.40. The van der Waals surface area contributed by atoms with E-state index in [9.17, 15) is 14.5 Å². The number of nitro groups is 1. The molecule has 1 aromatic heterocycles. The van der Waals surface area contributed by atoms with E-state index in [0.717, 1.165) is 29.6 Å². The van der Waals surface area contributed by atoms with E-state index in [-0.39, 0.29) is 12.2 Å². The number of rotatable bonds is 5. The fourth-order valence-corrected chi connectivity index (χ4v) is 1.71. The van der Waals surface area contributed by atoms with Crippen molar-refractivity contribution in [3.63, 3.8) is 0 Å². The topological polar surface area (TPSA) is 81.0 Å². The van der Waals surface area contributed by atoms with Crippen molar-refractivity contribution in [2.45, 2.75) is 20.0 Å². The van der Waals surface area contributed by atoms with Gasteiger partial charge in [0.05, 0.1) is 16.3 Å². The number of nitrogens with zero attached hydrogens (tertiary/aromatic N) is 3. The molecule has 0 spiro atoms. The highest BCUT2D eigenvalue weighted by atomic mass is 19.1. The standard InChI is InChI=1S/C13H13FN4O2/c1-9-5-17-12(8-16-9)7-15-6-10-4-11(14)2-3-13(10)18(19)20/h2-5,8,15H,6-7H2,1H3. The van der Waals surface area contributed by atoms with E-state index in [1.54, 1.807) is 12.4 Å². The molecule has 20 heavy (non-hydrogen) atoms. The van der Waals surface area contributed by atoms with Crippen LogP contribution in [0.15, 0.2) is 30.6 Å². The number of nitrogens with one attached hydrogen (secondary N) is 1. The van der Waals surface area contributed by atoms with Crippen LogP contribution < -0.4 is 5.32 Å². The lowest BCUT2D eigenvalue weighted by Gasteiger charge is -2.05. The lowest BCUT2D eigenvalue weighted by atomic mass is 10.1. The lowest BCUT2D eigenvalue weighted by molar-refractivity contribution is -0.385. The summed E-state index contributed by atoms with van der Waals surface area (Å²) in [5, 5.41) is 13.8. The second kappa shape index (κ2) is 6.16. The van der Waals surface area contributed by atoms with E-state index in [2.05, 4.69) is 15.3 Å². The highest BCUT2D eigenvalue weighted by Gasteiger charge is 2.13. The summed E-state index contributed by atoms with van der Waals surface area (Å²) in [6, 6.07) is 3.40. The van der Waals surface area contributed by atoms with Gasteiger partial charge in [-0.1, -0.05) is 0 Å². The zero-order chi connectivity index (χ0) is 14.5. The van der Waals surface area contributed by atoms with Crippen molar-refractivity contribution in [1.82, 2.24) is 15.3 Å². The Bertz CT molecular complexity index is 616. The van der Waals surface area contributed by atoms with Gasteiger partial charge in [-0.05, 0) is 19.1 Å². The summed E-state index contributed by atoms with van der Waals surface area (Å²) < 4.78 is 13.1. The van der Waals surface area contributed by atoms with E-state index >= 15 is 0 Å². The van der Waals surface area contributed by atoms with Gasteiger partial charge in [-0.2, -0.15) is 0 Å². The van der Waals surface area contributed by atoms with Gasteiger partial charge in [0.25, 0.3) is 5.69 Å². The molecule has 104 valence electrons. The van der Waals surface area contributed by atoms with Gasteiger partial charge < -0.3 is 5.32 Å². The average Bonchev–Trinajstić information content (AvgIpc) is 2.41. The molecule has 0 aliphatic heterocycles. The normalized spacial score (nSPS) is 10.5. The zero-order valence-electron chi connectivity index (χ0n) is 10.8. The molecule has 0 aliphatic rings. The summed E-state index contributed by atoms with van der Waals surface area (Å²) in [5.41, 5.74) is 1.73. The minimum Gasteiger partial charge on any atom is -0.307 e. The molecule has 2 rings (SSSR count). The molecule has 1 aromatic carbocycles. The Morgan fingerprint density at radius 2 is 2.10 bits per heavy atom. The molecule has 0 amide bonds. The van der Waals surface area contributed by atoms with E-state index < -0.39 is 10.7 Å². The van der Waals surface area contributed by atoms with Gasteiger partial charge in [-0.15, -0.1) is 0 Å². The van der Waals surface area contributed by atoms with Crippen LogP contribution in [0.5, 0.6) is 0 Å². The van der Waals surface area contributed by atoms with Crippen molar-refractivity contribution in [3.05, 3.63) is 63.5 Å². The summed E-state index contributed by atoms with van der Waals surface area (Å²) in [5.74, 6) is -0.498. The monoisotopic (exact) mass is 276 g/mol. The van der Waals surface area contributed by atoms with Crippen molar-refractivity contribution < 1.29 is 9.31 Å². The molecule has 0 saturated heterocycles. The molecular formula is C13H13FN4O2. The van der Waals surface area contributed by atoms with Crippen molar-refractivity contribution in [2.24, 2.45) is 0 Å². The maximum atomic E-state index is 13.1. The molecular weight excluding hydrogens is 263 g/mol. The fourth-order valence-electron chi connectivity index (χ4n) is 1.71. The van der Waals surface area contributed by atoms with E-state index in [1.807, 2.05) is 6.92 Å². The molecule has 0 unspecified atom stereocenters. The summed E-state index contributed by atoms with van der Waals surface area (Å²) in [4.78, 5) is 18.6. The number of halogens is 1. The predicted octanol–water partition coefficient (Wildman–Crippen LogP) is 2.12. The Balaban J connectivity index is 2.02. The van der Waals surface area contributed by atoms with Crippen LogP contribution in [0.1, 0.15) is 17.0 Å². The lowest BCUT2D eigenvalue weighted by Crippen LogP contribution is -2.15. The van der Waals surface area contributed by atoms with Crippen molar-refractivity contribution >= 4 is 5.69 Å². The Morgan fingerprint density at radius 1 is 1.30 bits per heavy atom. The highest BCUT2D eigenvalue weighted by Crippen LogP contribution is 2.19. The largest absolute Gasteiger partial charge is 0.307 e. The van der Waals surface area contributed by atoms with E-state index in [1.165, 1.54) is 0 Å². The number of aromatic nitrogens is 2. The first-order valence-corrected chi connectivity index (χ1v) is 5.97. The summed E-state index contributed by atoms with van der Waals surface area (Å²) in [7, 11) is 0. The van der Waals surface area contributed by atoms with Gasteiger partial charge in [-0.3, -0.25) is 20.1 Å². The molecule has 7 heteroatoms. The van der Waals surface area contributed by atoms with Gasteiger partial charge in [0.1, 0.15) is 5.82 Å². The van der Waals surface area contributed by atoms with Gasteiger partial charge in [-0.25, -0.2) is 4.39 Å². The van der Waals surface area contributed by atoms with Crippen LogP contribution in [0.2, 0.25) is 0 Å². The number of aryl methyl sites for hydroxylation is 1. The average molecular weight is 276 g/mol. The van der Waals surface area contributed by atoms with Crippen LogP contribution in [-0.2, 0) is 13.1 Å². The summed E-state index contributed by atoms with van der Waals surface area (Å²) in [6.07, 6.45) is 3.27. The number of hydrogen-bond donors (Lipinski definition) is 1. The van der Waals surface area contributed by atoms with Crippen LogP contribution >= 0.6 is 0 Å².